The lowest BCUT2D eigenvalue weighted by Crippen LogP contribution is -2.38. The Labute approximate surface area is 165 Å². The molecule has 0 saturated carbocycles. The van der Waals surface area contributed by atoms with Gasteiger partial charge in [-0.3, -0.25) is 9.69 Å². The van der Waals surface area contributed by atoms with Crippen molar-refractivity contribution in [3.8, 4) is 0 Å². The first-order chi connectivity index (χ1) is 13.0. The summed E-state index contributed by atoms with van der Waals surface area (Å²) in [4.78, 5) is 19.4. The van der Waals surface area contributed by atoms with Crippen LogP contribution in [0.4, 0.5) is 0 Å². The molecule has 1 N–H and O–H groups in total. The van der Waals surface area contributed by atoms with E-state index in [1.807, 2.05) is 25.2 Å². The Kier molecular flexibility index (Phi) is 6.24. The molecule has 3 aromatic rings. The molecule has 0 radical (unpaired) electrons. The van der Waals surface area contributed by atoms with E-state index in [4.69, 9.17) is 4.98 Å². The molecule has 0 bridgehead atoms. The van der Waals surface area contributed by atoms with Crippen LogP contribution in [0.15, 0.2) is 48.5 Å². The molecular weight excluding hydrogens is 354 g/mol. The molecule has 1 aromatic heterocycles. The predicted octanol–water partition coefficient (Wildman–Crippen LogP) is 4.87. The van der Waals surface area contributed by atoms with Gasteiger partial charge in [0.25, 0.3) is 0 Å². The molecule has 142 valence electrons. The van der Waals surface area contributed by atoms with E-state index in [0.29, 0.717) is 6.54 Å². The number of carbonyl (C=O) groups excluding carboxylic acids is 1. The van der Waals surface area contributed by atoms with Crippen LogP contribution in [0.5, 0.6) is 0 Å². The maximum atomic E-state index is 12.6. The number of carbonyl (C=O) groups is 1. The summed E-state index contributed by atoms with van der Waals surface area (Å²) in [7, 11) is 1.98. The van der Waals surface area contributed by atoms with Crippen LogP contribution >= 0.6 is 11.3 Å². The summed E-state index contributed by atoms with van der Waals surface area (Å²) in [6.45, 7) is 6.61. The van der Waals surface area contributed by atoms with Crippen molar-refractivity contribution in [3.63, 3.8) is 0 Å². The zero-order chi connectivity index (χ0) is 19.4. The van der Waals surface area contributed by atoms with Crippen LogP contribution in [0.2, 0.25) is 0 Å². The molecule has 0 spiro atoms. The predicted molar refractivity (Wildman–Crippen MR) is 113 cm³/mol. The number of aryl methyl sites for hydroxylation is 1. The maximum absolute atomic E-state index is 12.6. The van der Waals surface area contributed by atoms with E-state index in [0.717, 1.165) is 22.5 Å². The van der Waals surface area contributed by atoms with Gasteiger partial charge < -0.3 is 5.32 Å². The van der Waals surface area contributed by atoms with Gasteiger partial charge in [-0.2, -0.15) is 0 Å². The van der Waals surface area contributed by atoms with Crippen molar-refractivity contribution in [2.24, 2.45) is 0 Å². The summed E-state index contributed by atoms with van der Waals surface area (Å²) < 4.78 is 1.18. The van der Waals surface area contributed by atoms with E-state index in [-0.39, 0.29) is 18.0 Å². The Bertz CT molecular complexity index is 870. The highest BCUT2D eigenvalue weighted by Crippen LogP contribution is 2.28. The van der Waals surface area contributed by atoms with Gasteiger partial charge in [0.05, 0.1) is 28.8 Å². The lowest BCUT2D eigenvalue weighted by molar-refractivity contribution is -0.123. The molecule has 2 aromatic carbocycles. The average molecular weight is 382 g/mol. The van der Waals surface area contributed by atoms with Crippen molar-refractivity contribution >= 4 is 27.5 Å². The van der Waals surface area contributed by atoms with E-state index < -0.39 is 0 Å². The third-order valence-electron chi connectivity index (χ3n) is 4.95. The van der Waals surface area contributed by atoms with Crippen LogP contribution in [0.3, 0.4) is 0 Å². The summed E-state index contributed by atoms with van der Waals surface area (Å²) in [6, 6.07) is 16.7. The number of hydrogen-bond acceptors (Lipinski definition) is 4. The topological polar surface area (TPSA) is 45.2 Å². The van der Waals surface area contributed by atoms with E-state index in [1.165, 1.54) is 10.3 Å². The van der Waals surface area contributed by atoms with Crippen molar-refractivity contribution in [2.45, 2.75) is 39.3 Å². The second-order valence-electron chi connectivity index (χ2n) is 7.05. The molecule has 0 unspecified atom stereocenters. The van der Waals surface area contributed by atoms with Gasteiger partial charge in [0.1, 0.15) is 5.01 Å². The van der Waals surface area contributed by atoms with Crippen molar-refractivity contribution in [1.82, 2.24) is 15.2 Å². The monoisotopic (exact) mass is 381 g/mol. The molecular formula is C22H27N3OS. The molecule has 4 nitrogen and oxygen atoms in total. The molecule has 1 heterocycles. The SMILES string of the molecule is CC[C@@H](NC(=O)CN(C)[C@@H](C)c1nc2ccccc2s1)c1ccc(C)cc1. The number of para-hydroxylation sites is 1. The first-order valence-corrected chi connectivity index (χ1v) is 10.2. The van der Waals surface area contributed by atoms with Gasteiger partial charge in [-0.1, -0.05) is 48.9 Å². The van der Waals surface area contributed by atoms with Crippen LogP contribution in [-0.4, -0.2) is 29.4 Å². The first kappa shape index (κ1) is 19.5. The fourth-order valence-electron chi connectivity index (χ4n) is 3.08. The number of nitrogens with zero attached hydrogens (tertiary/aromatic N) is 2. The van der Waals surface area contributed by atoms with Gasteiger partial charge in [-0.25, -0.2) is 4.98 Å². The number of amides is 1. The number of nitrogens with one attached hydrogen (secondary N) is 1. The highest BCUT2D eigenvalue weighted by Gasteiger charge is 2.20. The minimum Gasteiger partial charge on any atom is -0.348 e. The Hall–Kier alpha value is -2.24. The Balaban J connectivity index is 1.62. The highest BCUT2D eigenvalue weighted by atomic mass is 32.1. The Morgan fingerprint density at radius 2 is 1.89 bits per heavy atom. The molecule has 0 aliphatic rings. The minimum atomic E-state index is 0.0397. The Morgan fingerprint density at radius 3 is 2.56 bits per heavy atom. The lowest BCUT2D eigenvalue weighted by atomic mass is 10.0. The van der Waals surface area contributed by atoms with E-state index in [1.54, 1.807) is 11.3 Å². The zero-order valence-electron chi connectivity index (χ0n) is 16.4. The number of fused-ring (bicyclic) bond motifs is 1. The lowest BCUT2D eigenvalue weighted by Gasteiger charge is -2.24. The fourth-order valence-corrected chi connectivity index (χ4v) is 4.17. The second kappa shape index (κ2) is 8.63. The first-order valence-electron chi connectivity index (χ1n) is 9.39. The van der Waals surface area contributed by atoms with Crippen molar-refractivity contribution in [3.05, 3.63) is 64.7 Å². The maximum Gasteiger partial charge on any atom is 0.234 e. The van der Waals surface area contributed by atoms with Crippen LogP contribution in [0.1, 0.15) is 48.5 Å². The van der Waals surface area contributed by atoms with E-state index >= 15 is 0 Å². The number of benzene rings is 2. The van der Waals surface area contributed by atoms with Gasteiger partial charge in [-0.15, -0.1) is 11.3 Å². The fraction of sp³-hybridized carbons (Fsp3) is 0.364. The van der Waals surface area contributed by atoms with Gasteiger partial charge in [0.15, 0.2) is 0 Å². The van der Waals surface area contributed by atoms with Crippen LogP contribution < -0.4 is 5.32 Å². The molecule has 0 fully saturated rings. The normalized spacial score (nSPS) is 13.7. The van der Waals surface area contributed by atoms with Crippen LogP contribution in [-0.2, 0) is 4.79 Å². The number of rotatable bonds is 7. The number of hydrogen-bond donors (Lipinski definition) is 1. The van der Waals surface area contributed by atoms with Crippen molar-refractivity contribution in [2.75, 3.05) is 13.6 Å². The molecule has 1 amide bonds. The van der Waals surface area contributed by atoms with Crippen LogP contribution in [0, 0.1) is 6.92 Å². The van der Waals surface area contributed by atoms with Crippen molar-refractivity contribution < 1.29 is 4.79 Å². The smallest absolute Gasteiger partial charge is 0.234 e. The minimum absolute atomic E-state index is 0.0397. The quantitative estimate of drug-likeness (QED) is 0.635. The van der Waals surface area contributed by atoms with E-state index in [2.05, 4.69) is 61.3 Å². The van der Waals surface area contributed by atoms with Gasteiger partial charge >= 0.3 is 0 Å². The summed E-state index contributed by atoms with van der Waals surface area (Å²) in [5, 5.41) is 4.21. The summed E-state index contributed by atoms with van der Waals surface area (Å²) in [5.74, 6) is 0.0397. The average Bonchev–Trinajstić information content (AvgIpc) is 3.10. The number of aromatic nitrogens is 1. The van der Waals surface area contributed by atoms with Gasteiger partial charge in [-0.05, 0) is 45.0 Å². The summed E-state index contributed by atoms with van der Waals surface area (Å²) >= 11 is 1.69. The zero-order valence-corrected chi connectivity index (χ0v) is 17.2. The third kappa shape index (κ3) is 4.73. The molecule has 0 aliphatic carbocycles. The second-order valence-corrected chi connectivity index (χ2v) is 8.11. The molecule has 0 saturated heterocycles. The summed E-state index contributed by atoms with van der Waals surface area (Å²) in [6.07, 6.45) is 0.867. The third-order valence-corrected chi connectivity index (χ3v) is 6.15. The summed E-state index contributed by atoms with van der Waals surface area (Å²) in [5.41, 5.74) is 3.40. The standard InChI is InChI=1S/C22H27N3OS/c1-5-18(17-12-10-15(2)11-13-17)23-21(26)14-25(4)16(3)22-24-19-8-6-7-9-20(19)27-22/h6-13,16,18H,5,14H2,1-4H3,(H,23,26)/t16-,18+/m0/s1. The Morgan fingerprint density at radius 1 is 1.19 bits per heavy atom. The molecule has 0 aliphatic heterocycles. The van der Waals surface area contributed by atoms with E-state index in [9.17, 15) is 4.79 Å². The number of thiazole rings is 1. The van der Waals surface area contributed by atoms with Gasteiger partial charge in [0, 0.05) is 0 Å². The largest absolute Gasteiger partial charge is 0.348 e. The van der Waals surface area contributed by atoms with Gasteiger partial charge in [0.2, 0.25) is 5.91 Å². The molecule has 2 atom stereocenters. The van der Waals surface area contributed by atoms with Crippen molar-refractivity contribution in [1.29, 1.82) is 0 Å². The highest BCUT2D eigenvalue weighted by molar-refractivity contribution is 7.18. The molecule has 27 heavy (non-hydrogen) atoms. The van der Waals surface area contributed by atoms with Crippen LogP contribution in [0.25, 0.3) is 10.2 Å². The number of likely N-dealkylation sites (N-methyl/N-ethyl adjacent to an activating group) is 1. The molecule has 5 heteroatoms. The molecule has 3 rings (SSSR count).